The zero-order chi connectivity index (χ0) is 11.9. The number of ether oxygens (including phenoxy) is 1. The summed E-state index contributed by atoms with van der Waals surface area (Å²) >= 11 is 0. The zero-order valence-corrected chi connectivity index (χ0v) is 10.6. The van der Waals surface area contributed by atoms with Gasteiger partial charge < -0.3 is 4.74 Å². The molecular weight excluding hydrogens is 188 g/mol. The van der Waals surface area contributed by atoms with Gasteiger partial charge in [-0.25, -0.2) is 4.79 Å². The first-order chi connectivity index (χ1) is 7.31. The zero-order valence-electron chi connectivity index (χ0n) is 10.6. The third-order valence-corrected chi connectivity index (χ3v) is 1.95. The molecule has 0 spiro atoms. The second-order valence-corrected chi connectivity index (χ2v) is 3.08. The van der Waals surface area contributed by atoms with Gasteiger partial charge in [0.15, 0.2) is 0 Å². The number of carbonyl (C=O) groups is 1. The molecule has 1 saturated carbocycles. The van der Waals surface area contributed by atoms with E-state index in [0.29, 0.717) is 6.61 Å². The summed E-state index contributed by atoms with van der Waals surface area (Å²) in [4.78, 5) is 10.1. The molecule has 1 aliphatic rings. The largest absolute Gasteiger partial charge is 0.463 e. The number of carbonyl (C=O) groups excluding carboxylic acids is 1. The van der Waals surface area contributed by atoms with E-state index in [-0.39, 0.29) is 5.97 Å². The van der Waals surface area contributed by atoms with Crippen molar-refractivity contribution in [3.63, 3.8) is 0 Å². The minimum absolute atomic E-state index is 0.359. The lowest BCUT2D eigenvalue weighted by atomic mass is 10.0. The Hall–Kier alpha value is -0.790. The molecular formula is C13H26O2. The molecule has 0 saturated heterocycles. The van der Waals surface area contributed by atoms with Gasteiger partial charge in [0, 0.05) is 6.08 Å². The normalized spacial score (nSPS) is 13.5. The van der Waals surface area contributed by atoms with E-state index < -0.39 is 0 Å². The molecule has 1 aliphatic carbocycles. The number of rotatable bonds is 2. The Balaban J connectivity index is 0. The summed E-state index contributed by atoms with van der Waals surface area (Å²) in [6, 6.07) is 0. The Bertz CT molecular complexity index is 126. The van der Waals surface area contributed by atoms with Crippen LogP contribution in [0, 0.1) is 0 Å². The first-order valence-corrected chi connectivity index (χ1v) is 6.10. The van der Waals surface area contributed by atoms with Crippen molar-refractivity contribution < 1.29 is 9.53 Å². The van der Waals surface area contributed by atoms with E-state index in [2.05, 4.69) is 11.3 Å². The van der Waals surface area contributed by atoms with E-state index in [1.54, 1.807) is 6.92 Å². The summed E-state index contributed by atoms with van der Waals surface area (Å²) in [5, 5.41) is 0. The molecule has 0 aliphatic heterocycles. The summed E-state index contributed by atoms with van der Waals surface area (Å²) < 4.78 is 4.43. The molecule has 2 nitrogen and oxygen atoms in total. The lowest BCUT2D eigenvalue weighted by Gasteiger charge is -2.05. The van der Waals surface area contributed by atoms with Crippen LogP contribution in [0.15, 0.2) is 12.7 Å². The van der Waals surface area contributed by atoms with Crippen molar-refractivity contribution in [2.45, 2.75) is 59.3 Å². The SMILES string of the molecule is C1CCCCC1.C=CC(=O)OCC.CC. The van der Waals surface area contributed by atoms with Crippen molar-refractivity contribution in [2.24, 2.45) is 0 Å². The minimum Gasteiger partial charge on any atom is -0.463 e. The third kappa shape index (κ3) is 15.9. The molecule has 1 rings (SSSR count). The lowest BCUT2D eigenvalue weighted by molar-refractivity contribution is -0.137. The van der Waals surface area contributed by atoms with Crippen molar-refractivity contribution >= 4 is 5.97 Å². The van der Waals surface area contributed by atoms with Gasteiger partial charge in [0.1, 0.15) is 0 Å². The monoisotopic (exact) mass is 214 g/mol. The maximum Gasteiger partial charge on any atom is 0.330 e. The van der Waals surface area contributed by atoms with Crippen LogP contribution in [0.25, 0.3) is 0 Å². The van der Waals surface area contributed by atoms with Gasteiger partial charge >= 0.3 is 5.97 Å². The van der Waals surface area contributed by atoms with Crippen LogP contribution in [0.2, 0.25) is 0 Å². The van der Waals surface area contributed by atoms with Crippen molar-refractivity contribution in [3.8, 4) is 0 Å². The maximum atomic E-state index is 10.1. The van der Waals surface area contributed by atoms with Crippen molar-refractivity contribution in [2.75, 3.05) is 6.61 Å². The fourth-order valence-corrected chi connectivity index (χ4v) is 1.26. The average Bonchev–Trinajstić information content (AvgIpc) is 2.35. The molecule has 0 aromatic heterocycles. The lowest BCUT2D eigenvalue weighted by Crippen LogP contribution is -1.97. The first kappa shape index (κ1) is 16.6. The molecule has 0 aromatic rings. The molecule has 0 aromatic carbocycles. The van der Waals surface area contributed by atoms with E-state index in [9.17, 15) is 4.79 Å². The summed E-state index contributed by atoms with van der Waals surface area (Å²) in [5.74, 6) is -0.359. The molecule has 0 atom stereocenters. The van der Waals surface area contributed by atoms with Crippen molar-refractivity contribution in [1.29, 1.82) is 0 Å². The smallest absolute Gasteiger partial charge is 0.330 e. The first-order valence-electron chi connectivity index (χ1n) is 6.10. The van der Waals surface area contributed by atoms with Gasteiger partial charge in [0.25, 0.3) is 0 Å². The second-order valence-electron chi connectivity index (χ2n) is 3.08. The minimum atomic E-state index is -0.359. The Morgan fingerprint density at radius 3 is 1.60 bits per heavy atom. The Morgan fingerprint density at radius 1 is 1.13 bits per heavy atom. The van der Waals surface area contributed by atoms with Gasteiger partial charge in [-0.3, -0.25) is 0 Å². The quantitative estimate of drug-likeness (QED) is 0.511. The van der Waals surface area contributed by atoms with Gasteiger partial charge in [0.2, 0.25) is 0 Å². The van der Waals surface area contributed by atoms with Crippen LogP contribution >= 0.6 is 0 Å². The predicted molar refractivity (Wildman–Crippen MR) is 65.9 cm³/mol. The van der Waals surface area contributed by atoms with E-state index in [4.69, 9.17) is 0 Å². The standard InChI is InChI=1S/C6H12.C5H8O2.C2H6/c1-2-4-6-5-3-1;1-3-5(6)7-4-2;1-2/h1-6H2;3H,1,4H2,2H3;1-2H3. The van der Waals surface area contributed by atoms with Crippen LogP contribution in [-0.2, 0) is 9.53 Å². The molecule has 2 heteroatoms. The van der Waals surface area contributed by atoms with Gasteiger partial charge in [0.05, 0.1) is 6.61 Å². The van der Waals surface area contributed by atoms with Crippen molar-refractivity contribution in [1.82, 2.24) is 0 Å². The number of hydrogen-bond donors (Lipinski definition) is 0. The van der Waals surface area contributed by atoms with Gasteiger partial charge in [-0.2, -0.15) is 0 Å². The summed E-state index contributed by atoms with van der Waals surface area (Å²) in [6.45, 7) is 9.38. The highest BCUT2D eigenvalue weighted by atomic mass is 16.5. The van der Waals surface area contributed by atoms with Crippen LogP contribution in [-0.4, -0.2) is 12.6 Å². The highest BCUT2D eigenvalue weighted by Gasteiger charge is 1.95. The van der Waals surface area contributed by atoms with Crippen LogP contribution in [0.1, 0.15) is 59.3 Å². The fraction of sp³-hybridized carbons (Fsp3) is 0.769. The van der Waals surface area contributed by atoms with E-state index in [1.165, 1.54) is 38.5 Å². The summed E-state index contributed by atoms with van der Waals surface area (Å²) in [7, 11) is 0. The molecule has 0 amide bonds. The third-order valence-electron chi connectivity index (χ3n) is 1.95. The van der Waals surface area contributed by atoms with E-state index in [1.807, 2.05) is 13.8 Å². The molecule has 0 heterocycles. The highest BCUT2D eigenvalue weighted by molar-refractivity contribution is 5.81. The second kappa shape index (κ2) is 15.7. The molecule has 0 bridgehead atoms. The highest BCUT2D eigenvalue weighted by Crippen LogP contribution is 2.15. The van der Waals surface area contributed by atoms with Gasteiger partial charge in [-0.15, -0.1) is 0 Å². The summed E-state index contributed by atoms with van der Waals surface area (Å²) in [5.41, 5.74) is 0. The molecule has 0 N–H and O–H groups in total. The van der Waals surface area contributed by atoms with Crippen molar-refractivity contribution in [3.05, 3.63) is 12.7 Å². The molecule has 90 valence electrons. The van der Waals surface area contributed by atoms with E-state index >= 15 is 0 Å². The fourth-order valence-electron chi connectivity index (χ4n) is 1.26. The Labute approximate surface area is 94.7 Å². The predicted octanol–water partition coefficient (Wildman–Crippen LogP) is 4.10. The van der Waals surface area contributed by atoms with E-state index in [0.717, 1.165) is 6.08 Å². The van der Waals surface area contributed by atoms with Crippen LogP contribution < -0.4 is 0 Å². The van der Waals surface area contributed by atoms with Gasteiger partial charge in [-0.1, -0.05) is 59.0 Å². The molecule has 0 unspecified atom stereocenters. The van der Waals surface area contributed by atoms with Crippen LogP contribution in [0.3, 0.4) is 0 Å². The Morgan fingerprint density at radius 2 is 1.47 bits per heavy atom. The van der Waals surface area contributed by atoms with Gasteiger partial charge in [-0.05, 0) is 6.92 Å². The number of hydrogen-bond acceptors (Lipinski definition) is 2. The average molecular weight is 214 g/mol. The number of esters is 1. The van der Waals surface area contributed by atoms with Crippen LogP contribution in [0.4, 0.5) is 0 Å². The molecule has 1 fully saturated rings. The topological polar surface area (TPSA) is 26.3 Å². The molecule has 15 heavy (non-hydrogen) atoms. The summed E-state index contributed by atoms with van der Waals surface area (Å²) in [6.07, 6.45) is 10.1. The van der Waals surface area contributed by atoms with Crippen LogP contribution in [0.5, 0.6) is 0 Å². The maximum absolute atomic E-state index is 10.1. The Kier molecular flexibility index (Phi) is 17.4. The molecule has 0 radical (unpaired) electrons.